The minimum atomic E-state index is -0.486. The summed E-state index contributed by atoms with van der Waals surface area (Å²) in [7, 11) is 1.31. The molecule has 2 aromatic carbocycles. The molecule has 1 aromatic heterocycles. The number of esters is 1. The molecule has 6 nitrogen and oxygen atoms in total. The monoisotopic (exact) mass is 345 g/mol. The van der Waals surface area contributed by atoms with E-state index in [1.165, 1.54) is 13.2 Å². The van der Waals surface area contributed by atoms with Crippen LogP contribution >= 0.6 is 0 Å². The SMILES string of the molecule is COC(=O)c1ccccc1/C=C(\C#N)c1nc(-c2ccc(C)cc2)no1. The van der Waals surface area contributed by atoms with Crippen molar-refractivity contribution in [2.45, 2.75) is 6.92 Å². The normalized spacial score (nSPS) is 11.0. The Hall–Kier alpha value is -3.72. The second-order valence-electron chi connectivity index (χ2n) is 5.54. The van der Waals surface area contributed by atoms with E-state index in [2.05, 4.69) is 10.1 Å². The van der Waals surface area contributed by atoms with E-state index in [0.717, 1.165) is 11.1 Å². The minimum Gasteiger partial charge on any atom is -0.465 e. The molecule has 0 fully saturated rings. The molecule has 0 aliphatic heterocycles. The number of hydrogen-bond acceptors (Lipinski definition) is 6. The molecular weight excluding hydrogens is 330 g/mol. The lowest BCUT2D eigenvalue weighted by molar-refractivity contribution is 0.0600. The van der Waals surface area contributed by atoms with E-state index < -0.39 is 5.97 Å². The average Bonchev–Trinajstić information content (AvgIpc) is 3.16. The van der Waals surface area contributed by atoms with Crippen LogP contribution in [-0.4, -0.2) is 23.2 Å². The van der Waals surface area contributed by atoms with Crippen LogP contribution in [0.1, 0.15) is 27.4 Å². The Labute approximate surface area is 150 Å². The Morgan fingerprint density at radius 3 is 2.62 bits per heavy atom. The molecule has 0 aliphatic carbocycles. The summed E-state index contributed by atoms with van der Waals surface area (Å²) in [5, 5.41) is 13.4. The van der Waals surface area contributed by atoms with Gasteiger partial charge in [-0.15, -0.1) is 0 Å². The molecule has 26 heavy (non-hydrogen) atoms. The first-order valence-corrected chi connectivity index (χ1v) is 7.82. The second kappa shape index (κ2) is 7.45. The molecule has 3 rings (SSSR count). The molecule has 3 aromatic rings. The molecule has 0 aliphatic rings. The van der Waals surface area contributed by atoms with E-state index >= 15 is 0 Å². The predicted molar refractivity (Wildman–Crippen MR) is 95.7 cm³/mol. The number of carbonyl (C=O) groups excluding carboxylic acids is 1. The van der Waals surface area contributed by atoms with Gasteiger partial charge in [0.1, 0.15) is 11.6 Å². The Morgan fingerprint density at radius 2 is 1.92 bits per heavy atom. The van der Waals surface area contributed by atoms with Crippen LogP contribution in [0, 0.1) is 18.3 Å². The molecule has 0 N–H and O–H groups in total. The van der Waals surface area contributed by atoms with E-state index in [1.54, 1.807) is 24.3 Å². The Kier molecular flexibility index (Phi) is 4.90. The maximum Gasteiger partial charge on any atom is 0.338 e. The number of methoxy groups -OCH3 is 1. The van der Waals surface area contributed by atoms with Gasteiger partial charge in [-0.05, 0) is 24.6 Å². The molecule has 128 valence electrons. The number of ether oxygens (including phenoxy) is 1. The van der Waals surface area contributed by atoms with E-state index in [9.17, 15) is 10.1 Å². The highest BCUT2D eigenvalue weighted by atomic mass is 16.5. The van der Waals surface area contributed by atoms with Crippen LogP contribution in [0.25, 0.3) is 23.0 Å². The fourth-order valence-electron chi connectivity index (χ4n) is 2.37. The Balaban J connectivity index is 1.98. The number of aromatic nitrogens is 2. The van der Waals surface area contributed by atoms with Crippen molar-refractivity contribution in [3.8, 4) is 17.5 Å². The summed E-state index contributed by atoms with van der Waals surface area (Å²) in [5.74, 6) is -0.00911. The molecule has 6 heteroatoms. The number of rotatable bonds is 4. The number of carbonyl (C=O) groups is 1. The molecule has 0 saturated heterocycles. The molecule has 0 spiro atoms. The van der Waals surface area contributed by atoms with Crippen molar-refractivity contribution in [2.24, 2.45) is 0 Å². The highest BCUT2D eigenvalue weighted by Gasteiger charge is 2.15. The van der Waals surface area contributed by atoms with Gasteiger partial charge in [0.05, 0.1) is 12.7 Å². The minimum absolute atomic E-state index is 0.0859. The van der Waals surface area contributed by atoms with Crippen molar-refractivity contribution in [3.05, 3.63) is 71.1 Å². The smallest absolute Gasteiger partial charge is 0.338 e. The predicted octanol–water partition coefficient (Wildman–Crippen LogP) is 3.90. The van der Waals surface area contributed by atoms with Crippen LogP contribution in [0.3, 0.4) is 0 Å². The van der Waals surface area contributed by atoms with Crippen LogP contribution in [0.5, 0.6) is 0 Å². The highest BCUT2D eigenvalue weighted by molar-refractivity contribution is 5.97. The van der Waals surface area contributed by atoms with Gasteiger partial charge < -0.3 is 9.26 Å². The number of allylic oxidation sites excluding steroid dienone is 1. The lowest BCUT2D eigenvalue weighted by Gasteiger charge is -2.03. The lowest BCUT2D eigenvalue weighted by atomic mass is 10.0. The standard InChI is InChI=1S/C20H15N3O3/c1-13-7-9-14(10-8-13)18-22-19(26-23-18)16(12-21)11-15-5-3-4-6-17(15)20(24)25-2/h3-11H,1-2H3/b16-11+. The first kappa shape index (κ1) is 17.1. The summed E-state index contributed by atoms with van der Waals surface area (Å²) >= 11 is 0. The molecule has 1 heterocycles. The maximum absolute atomic E-state index is 11.9. The first-order chi connectivity index (χ1) is 12.6. The topological polar surface area (TPSA) is 89.0 Å². The van der Waals surface area contributed by atoms with Gasteiger partial charge in [0.15, 0.2) is 0 Å². The van der Waals surface area contributed by atoms with Gasteiger partial charge in [0.25, 0.3) is 5.89 Å². The van der Waals surface area contributed by atoms with Gasteiger partial charge in [0, 0.05) is 5.56 Å². The van der Waals surface area contributed by atoms with Gasteiger partial charge >= 0.3 is 5.97 Å². The third-order valence-corrected chi connectivity index (χ3v) is 3.75. The van der Waals surface area contributed by atoms with Gasteiger partial charge in [-0.1, -0.05) is 53.2 Å². The number of benzene rings is 2. The van der Waals surface area contributed by atoms with Crippen LogP contribution in [-0.2, 0) is 4.74 Å². The number of nitriles is 1. The zero-order valence-corrected chi connectivity index (χ0v) is 14.3. The van der Waals surface area contributed by atoms with Crippen LogP contribution < -0.4 is 0 Å². The van der Waals surface area contributed by atoms with Crippen molar-refractivity contribution in [1.82, 2.24) is 10.1 Å². The van der Waals surface area contributed by atoms with Crippen molar-refractivity contribution in [1.29, 1.82) is 5.26 Å². The van der Waals surface area contributed by atoms with Gasteiger partial charge in [-0.2, -0.15) is 10.2 Å². The molecular formula is C20H15N3O3. The number of nitrogens with zero attached hydrogens (tertiary/aromatic N) is 3. The van der Waals surface area contributed by atoms with Crippen molar-refractivity contribution >= 4 is 17.6 Å². The van der Waals surface area contributed by atoms with Crippen LogP contribution in [0.15, 0.2) is 53.1 Å². The zero-order chi connectivity index (χ0) is 18.5. The summed E-state index contributed by atoms with van der Waals surface area (Å²) < 4.78 is 10.0. The third-order valence-electron chi connectivity index (χ3n) is 3.75. The average molecular weight is 345 g/mol. The summed E-state index contributed by atoms with van der Waals surface area (Å²) in [6, 6.07) is 16.5. The van der Waals surface area contributed by atoms with Gasteiger partial charge in [0.2, 0.25) is 5.82 Å². The highest BCUT2D eigenvalue weighted by Crippen LogP contribution is 2.22. The molecule has 0 radical (unpaired) electrons. The summed E-state index contributed by atoms with van der Waals surface area (Å²) in [6.45, 7) is 1.99. The van der Waals surface area contributed by atoms with E-state index in [1.807, 2.05) is 37.3 Å². The summed E-state index contributed by atoms with van der Waals surface area (Å²) in [4.78, 5) is 16.2. The largest absolute Gasteiger partial charge is 0.465 e. The van der Waals surface area contributed by atoms with Crippen molar-refractivity contribution in [3.63, 3.8) is 0 Å². The number of hydrogen-bond donors (Lipinski definition) is 0. The van der Waals surface area contributed by atoms with E-state index in [-0.39, 0.29) is 11.5 Å². The molecule has 0 saturated carbocycles. The lowest BCUT2D eigenvalue weighted by Crippen LogP contribution is -2.03. The van der Waals surface area contributed by atoms with Crippen molar-refractivity contribution in [2.75, 3.05) is 7.11 Å². The van der Waals surface area contributed by atoms with Crippen LogP contribution in [0.2, 0.25) is 0 Å². The molecule has 0 unspecified atom stereocenters. The van der Waals surface area contributed by atoms with Crippen LogP contribution in [0.4, 0.5) is 0 Å². The van der Waals surface area contributed by atoms with Crippen molar-refractivity contribution < 1.29 is 14.1 Å². The van der Waals surface area contributed by atoms with E-state index in [4.69, 9.17) is 9.26 Å². The fraction of sp³-hybridized carbons (Fsp3) is 0.100. The number of aryl methyl sites for hydroxylation is 1. The Bertz CT molecular complexity index is 1010. The molecule has 0 bridgehead atoms. The zero-order valence-electron chi connectivity index (χ0n) is 14.3. The quantitative estimate of drug-likeness (QED) is 0.526. The van der Waals surface area contributed by atoms with Gasteiger partial charge in [-0.25, -0.2) is 4.79 Å². The Morgan fingerprint density at radius 1 is 1.19 bits per heavy atom. The summed E-state index contributed by atoms with van der Waals surface area (Å²) in [5.41, 5.74) is 2.95. The summed E-state index contributed by atoms with van der Waals surface area (Å²) in [6.07, 6.45) is 1.53. The van der Waals surface area contributed by atoms with E-state index in [0.29, 0.717) is 17.0 Å². The van der Waals surface area contributed by atoms with Gasteiger partial charge in [-0.3, -0.25) is 0 Å². The maximum atomic E-state index is 11.9. The second-order valence-corrected chi connectivity index (χ2v) is 5.54. The fourth-order valence-corrected chi connectivity index (χ4v) is 2.37. The molecule has 0 atom stereocenters. The third kappa shape index (κ3) is 3.52. The first-order valence-electron chi connectivity index (χ1n) is 7.82. The molecule has 0 amide bonds.